The van der Waals surface area contributed by atoms with Crippen molar-refractivity contribution < 1.29 is 50.8 Å². The quantitative estimate of drug-likeness (QED) is 0.131. The smallest absolute Gasteiger partial charge is 0.416 e. The maximum atomic E-state index is 16.3. The maximum absolute atomic E-state index is 16.3. The number of aromatic carboxylic acids is 1. The van der Waals surface area contributed by atoms with Crippen LogP contribution in [-0.2, 0) is 32.2 Å². The molecule has 3 aromatic carbocycles. The van der Waals surface area contributed by atoms with Crippen LogP contribution in [0.3, 0.4) is 0 Å². The first-order valence-corrected chi connectivity index (χ1v) is 16.1. The molecule has 2 aromatic heterocycles. The Morgan fingerprint density at radius 3 is 2.51 bits per heavy atom. The monoisotopic (exact) mass is 709 g/mol. The molecule has 7 rings (SSSR count). The van der Waals surface area contributed by atoms with Crippen LogP contribution in [-0.4, -0.2) is 53.1 Å². The van der Waals surface area contributed by atoms with E-state index in [0.29, 0.717) is 76.4 Å². The van der Waals surface area contributed by atoms with E-state index in [1.807, 2.05) is 0 Å². The lowest BCUT2D eigenvalue weighted by atomic mass is 9.96. The molecule has 2 aliphatic rings. The second-order valence-corrected chi connectivity index (χ2v) is 12.7. The third-order valence-corrected chi connectivity index (χ3v) is 9.46. The van der Waals surface area contributed by atoms with Gasteiger partial charge in [-0.1, -0.05) is 12.1 Å². The lowest BCUT2D eigenvalue weighted by Gasteiger charge is -2.17. The number of nitrogens with zero attached hydrogens (tertiary/aromatic N) is 3. The van der Waals surface area contributed by atoms with Gasteiger partial charge >= 0.3 is 12.1 Å². The Morgan fingerprint density at radius 2 is 1.82 bits per heavy atom. The number of pyridine rings is 1. The third-order valence-electron chi connectivity index (χ3n) is 9.46. The van der Waals surface area contributed by atoms with E-state index < -0.39 is 35.6 Å². The molecule has 1 saturated carbocycles. The van der Waals surface area contributed by atoms with E-state index in [1.54, 1.807) is 22.8 Å². The Labute approximate surface area is 288 Å². The standard InChI is InChI=1S/C37H32F5N3O6/c1-48-29-14-22(37(40,41)42)7-6-20(29)17-51-32-5-3-4-27(43-32)25-15-26(39)24(23-8-11-50-34(23)25)16-31-44-33-28(45(31)19-36(18-38)9-10-36)12-21(35(46)47)13-30(33)49-2/h3-7,12-15H,8-11,16-19H2,1-2H3,(H,46,47). The largest absolute Gasteiger partial charge is 0.496 e. The average molecular weight is 710 g/mol. The molecule has 1 aliphatic heterocycles. The molecule has 9 nitrogen and oxygen atoms in total. The van der Waals surface area contributed by atoms with Crippen molar-refractivity contribution in [2.24, 2.45) is 5.41 Å². The zero-order chi connectivity index (χ0) is 36.1. The maximum Gasteiger partial charge on any atom is 0.416 e. The van der Waals surface area contributed by atoms with Gasteiger partial charge in [-0.3, -0.25) is 4.39 Å². The van der Waals surface area contributed by atoms with Gasteiger partial charge in [0.25, 0.3) is 0 Å². The summed E-state index contributed by atoms with van der Waals surface area (Å²) >= 11 is 0. The number of hydrogen-bond acceptors (Lipinski definition) is 7. The predicted molar refractivity (Wildman–Crippen MR) is 175 cm³/mol. The highest BCUT2D eigenvalue weighted by molar-refractivity contribution is 5.95. The molecule has 0 unspecified atom stereocenters. The van der Waals surface area contributed by atoms with E-state index in [9.17, 15) is 27.5 Å². The van der Waals surface area contributed by atoms with Gasteiger partial charge in [0.15, 0.2) is 0 Å². The average Bonchev–Trinajstić information content (AvgIpc) is 3.58. The summed E-state index contributed by atoms with van der Waals surface area (Å²) in [6.45, 7) is -0.153. The first-order valence-electron chi connectivity index (χ1n) is 16.1. The van der Waals surface area contributed by atoms with E-state index >= 15 is 4.39 Å². The topological polar surface area (TPSA) is 105 Å². The molecule has 0 saturated heterocycles. The minimum atomic E-state index is -4.53. The first-order chi connectivity index (χ1) is 24.4. The molecule has 0 amide bonds. The number of aromatic nitrogens is 3. The fraction of sp³-hybridized carbons (Fsp3) is 0.324. The summed E-state index contributed by atoms with van der Waals surface area (Å²) in [6, 6.07) is 12.2. The van der Waals surface area contributed by atoms with Crippen molar-refractivity contribution >= 4 is 17.0 Å². The van der Waals surface area contributed by atoms with Crippen LogP contribution in [0.1, 0.15) is 51.3 Å². The van der Waals surface area contributed by atoms with Gasteiger partial charge in [0.05, 0.1) is 49.8 Å². The molecule has 3 heterocycles. The van der Waals surface area contributed by atoms with Gasteiger partial charge in [-0.25, -0.2) is 19.2 Å². The van der Waals surface area contributed by atoms with Gasteiger partial charge in [-0.2, -0.15) is 13.2 Å². The summed E-state index contributed by atoms with van der Waals surface area (Å²) in [5.74, 6) is -0.429. The number of carboxylic acids is 1. The number of hydrogen-bond donors (Lipinski definition) is 1. The molecule has 1 aliphatic carbocycles. The Kier molecular flexibility index (Phi) is 8.72. The van der Waals surface area contributed by atoms with Crippen LogP contribution in [0.2, 0.25) is 0 Å². The molecule has 0 atom stereocenters. The highest BCUT2D eigenvalue weighted by atomic mass is 19.4. The molecule has 0 spiro atoms. The zero-order valence-corrected chi connectivity index (χ0v) is 27.6. The summed E-state index contributed by atoms with van der Waals surface area (Å²) in [6.07, 6.45) is -2.78. The summed E-state index contributed by atoms with van der Waals surface area (Å²) < 4.78 is 94.2. The minimum absolute atomic E-state index is 0.0103. The first kappa shape index (κ1) is 34.1. The van der Waals surface area contributed by atoms with Crippen LogP contribution in [0.4, 0.5) is 22.0 Å². The SMILES string of the molecule is COc1cc(C(F)(F)F)ccc1COc1cccc(-c2cc(F)c(Cc3nc4c(OC)cc(C(=O)O)cc4n3CC3(CF)CC3)c3c2OCC3)n1. The van der Waals surface area contributed by atoms with E-state index in [1.165, 1.54) is 38.5 Å². The van der Waals surface area contributed by atoms with Crippen molar-refractivity contribution in [2.45, 2.75) is 45.0 Å². The normalized spacial score (nSPS) is 14.6. The number of benzene rings is 3. The molecule has 1 N–H and O–H groups in total. The lowest BCUT2D eigenvalue weighted by Crippen LogP contribution is -2.17. The number of carboxylic acid groups (broad SMARTS) is 1. The van der Waals surface area contributed by atoms with Crippen molar-refractivity contribution in [1.29, 1.82) is 0 Å². The van der Waals surface area contributed by atoms with E-state index in [0.717, 1.165) is 12.1 Å². The van der Waals surface area contributed by atoms with Crippen molar-refractivity contribution in [1.82, 2.24) is 14.5 Å². The van der Waals surface area contributed by atoms with Crippen molar-refractivity contribution in [2.75, 3.05) is 27.5 Å². The van der Waals surface area contributed by atoms with Crippen LogP contribution >= 0.6 is 0 Å². The number of ether oxygens (including phenoxy) is 4. The highest BCUT2D eigenvalue weighted by Gasteiger charge is 2.44. The van der Waals surface area contributed by atoms with Gasteiger partial charge in [-0.15, -0.1) is 0 Å². The van der Waals surface area contributed by atoms with Crippen LogP contribution in [0.5, 0.6) is 23.1 Å². The number of carbonyl (C=O) groups is 1. The number of rotatable bonds is 12. The summed E-state index contributed by atoms with van der Waals surface area (Å²) in [5.41, 5.74) is 1.47. The van der Waals surface area contributed by atoms with Crippen LogP contribution in [0.15, 0.2) is 54.6 Å². The Bertz CT molecular complexity index is 2160. The Morgan fingerprint density at radius 1 is 1.04 bits per heavy atom. The molecule has 5 aromatic rings. The van der Waals surface area contributed by atoms with Gasteiger partial charge in [0, 0.05) is 53.1 Å². The van der Waals surface area contributed by atoms with E-state index in [4.69, 9.17) is 23.9 Å². The molecule has 14 heteroatoms. The van der Waals surface area contributed by atoms with Crippen molar-refractivity contribution in [3.8, 4) is 34.4 Å². The number of methoxy groups -OCH3 is 2. The number of imidazole rings is 1. The Hall–Kier alpha value is -5.40. The summed E-state index contributed by atoms with van der Waals surface area (Å²) in [7, 11) is 2.68. The summed E-state index contributed by atoms with van der Waals surface area (Å²) in [4.78, 5) is 21.2. The van der Waals surface area contributed by atoms with Gasteiger partial charge in [0.2, 0.25) is 5.88 Å². The lowest BCUT2D eigenvalue weighted by molar-refractivity contribution is -0.137. The van der Waals surface area contributed by atoms with Gasteiger partial charge in [-0.05, 0) is 49.2 Å². The molecule has 266 valence electrons. The van der Waals surface area contributed by atoms with Gasteiger partial charge < -0.3 is 28.6 Å². The van der Waals surface area contributed by atoms with Crippen molar-refractivity contribution in [3.63, 3.8) is 0 Å². The molecule has 51 heavy (non-hydrogen) atoms. The second kappa shape index (κ2) is 13.1. The number of fused-ring (bicyclic) bond motifs is 2. The van der Waals surface area contributed by atoms with Gasteiger partial charge in [0.1, 0.15) is 41.0 Å². The van der Waals surface area contributed by atoms with E-state index in [-0.39, 0.29) is 42.5 Å². The van der Waals surface area contributed by atoms with Crippen LogP contribution in [0.25, 0.3) is 22.3 Å². The van der Waals surface area contributed by atoms with E-state index in [2.05, 4.69) is 4.98 Å². The fourth-order valence-corrected chi connectivity index (χ4v) is 6.46. The molecular weight excluding hydrogens is 677 g/mol. The minimum Gasteiger partial charge on any atom is -0.496 e. The highest BCUT2D eigenvalue weighted by Crippen LogP contribution is 2.49. The van der Waals surface area contributed by atoms with Crippen molar-refractivity contribution in [3.05, 3.63) is 94.1 Å². The number of alkyl halides is 4. The molecule has 0 radical (unpaired) electrons. The summed E-state index contributed by atoms with van der Waals surface area (Å²) in [5, 5.41) is 9.74. The molecule has 0 bridgehead atoms. The Balaban J connectivity index is 1.22. The molecule has 1 fully saturated rings. The predicted octanol–water partition coefficient (Wildman–Crippen LogP) is 7.83. The fourth-order valence-electron chi connectivity index (χ4n) is 6.46. The van der Waals surface area contributed by atoms with Crippen LogP contribution in [0, 0.1) is 11.2 Å². The second-order valence-electron chi connectivity index (χ2n) is 12.7. The van der Waals surface area contributed by atoms with Crippen LogP contribution < -0.4 is 18.9 Å². The zero-order valence-electron chi connectivity index (χ0n) is 27.6. The number of halogens is 5. The molecular formula is C37H32F5N3O6. The third kappa shape index (κ3) is 6.50.